The molecule has 2 aliphatic rings. The van der Waals surface area contributed by atoms with Gasteiger partial charge in [0, 0.05) is 0 Å². The van der Waals surface area contributed by atoms with Gasteiger partial charge in [0.2, 0.25) is 0 Å². The lowest BCUT2D eigenvalue weighted by atomic mass is 9.66. The van der Waals surface area contributed by atoms with Gasteiger partial charge in [-0.15, -0.1) is 0 Å². The average molecular weight is 361 g/mol. The lowest BCUT2D eigenvalue weighted by Crippen LogP contribution is -2.37. The first-order chi connectivity index (χ1) is 12.7. The van der Waals surface area contributed by atoms with Gasteiger partial charge in [-0.2, -0.15) is 0 Å². The molecule has 2 rings (SSSR count). The summed E-state index contributed by atoms with van der Waals surface area (Å²) in [5, 5.41) is 9.37. The molecule has 0 spiro atoms. The third kappa shape index (κ3) is 6.59. The van der Waals surface area contributed by atoms with Crippen LogP contribution in [-0.2, 0) is 4.79 Å². The van der Waals surface area contributed by atoms with Crippen LogP contribution < -0.4 is 0 Å². The van der Waals surface area contributed by atoms with Gasteiger partial charge < -0.3 is 5.11 Å². The van der Waals surface area contributed by atoms with E-state index < -0.39 is 5.97 Å². The number of carboxylic acids is 1. The Morgan fingerprint density at radius 1 is 1.00 bits per heavy atom. The highest BCUT2D eigenvalue weighted by Crippen LogP contribution is 2.45. The lowest BCUT2D eigenvalue weighted by Gasteiger charge is -2.37. The fourth-order valence-electron chi connectivity index (χ4n) is 4.69. The Morgan fingerprint density at radius 2 is 1.81 bits per heavy atom. The van der Waals surface area contributed by atoms with Crippen molar-refractivity contribution in [1.82, 2.24) is 0 Å². The number of hydrogen-bond donors (Lipinski definition) is 1. The van der Waals surface area contributed by atoms with Crippen molar-refractivity contribution in [1.29, 1.82) is 0 Å². The van der Waals surface area contributed by atoms with Gasteiger partial charge in [0.1, 0.15) is 0 Å². The summed E-state index contributed by atoms with van der Waals surface area (Å²) in [6.45, 7) is 2.27. The SMILES string of the molecule is CCCCCCC=C[C@H]1CCC[C@@H]1CC=CCCCC1(C(=O)O)CCC1. The molecule has 0 bridgehead atoms. The Morgan fingerprint density at radius 3 is 2.50 bits per heavy atom. The highest BCUT2D eigenvalue weighted by molar-refractivity contribution is 5.75. The molecular formula is C24H40O2. The van der Waals surface area contributed by atoms with Crippen LogP contribution in [0.5, 0.6) is 0 Å². The summed E-state index contributed by atoms with van der Waals surface area (Å²) >= 11 is 0. The summed E-state index contributed by atoms with van der Waals surface area (Å²) in [4.78, 5) is 11.4. The van der Waals surface area contributed by atoms with E-state index in [1.165, 1.54) is 57.8 Å². The lowest BCUT2D eigenvalue weighted by molar-refractivity contribution is -0.155. The van der Waals surface area contributed by atoms with E-state index in [1.54, 1.807) is 0 Å². The molecule has 1 N–H and O–H groups in total. The number of carboxylic acid groups (broad SMARTS) is 1. The van der Waals surface area contributed by atoms with Crippen LogP contribution in [-0.4, -0.2) is 11.1 Å². The average Bonchev–Trinajstić information content (AvgIpc) is 3.03. The summed E-state index contributed by atoms with van der Waals surface area (Å²) < 4.78 is 0. The summed E-state index contributed by atoms with van der Waals surface area (Å²) in [7, 11) is 0. The van der Waals surface area contributed by atoms with Crippen molar-refractivity contribution >= 4 is 5.97 Å². The molecule has 0 aromatic heterocycles. The van der Waals surface area contributed by atoms with E-state index in [9.17, 15) is 9.90 Å². The Hall–Kier alpha value is -1.05. The van der Waals surface area contributed by atoms with E-state index in [1.807, 2.05) is 0 Å². The molecule has 0 radical (unpaired) electrons. The fourth-order valence-corrected chi connectivity index (χ4v) is 4.69. The zero-order valence-corrected chi connectivity index (χ0v) is 16.9. The van der Waals surface area contributed by atoms with E-state index in [0.717, 1.165) is 50.4 Å². The van der Waals surface area contributed by atoms with Gasteiger partial charge in [0.15, 0.2) is 0 Å². The summed E-state index contributed by atoms with van der Waals surface area (Å²) in [6.07, 6.45) is 27.4. The van der Waals surface area contributed by atoms with Crippen molar-refractivity contribution in [3.63, 3.8) is 0 Å². The summed E-state index contributed by atoms with van der Waals surface area (Å²) in [5.41, 5.74) is -0.369. The van der Waals surface area contributed by atoms with Gasteiger partial charge in [-0.05, 0) is 76.0 Å². The summed E-state index contributed by atoms with van der Waals surface area (Å²) in [6, 6.07) is 0. The number of rotatable bonds is 13. The first-order valence-electron chi connectivity index (χ1n) is 11.2. The first-order valence-corrected chi connectivity index (χ1v) is 11.2. The minimum Gasteiger partial charge on any atom is -0.481 e. The molecule has 2 heteroatoms. The zero-order valence-electron chi connectivity index (χ0n) is 16.9. The highest BCUT2D eigenvalue weighted by atomic mass is 16.4. The highest BCUT2D eigenvalue weighted by Gasteiger charge is 2.43. The van der Waals surface area contributed by atoms with Gasteiger partial charge >= 0.3 is 5.97 Å². The number of unbranched alkanes of at least 4 members (excludes halogenated alkanes) is 5. The second-order valence-electron chi connectivity index (χ2n) is 8.67. The number of allylic oxidation sites excluding steroid dienone is 4. The molecule has 0 amide bonds. The largest absolute Gasteiger partial charge is 0.481 e. The molecule has 148 valence electrons. The van der Waals surface area contributed by atoms with Crippen molar-refractivity contribution in [2.24, 2.45) is 17.3 Å². The maximum Gasteiger partial charge on any atom is 0.309 e. The molecule has 0 aromatic rings. The van der Waals surface area contributed by atoms with E-state index in [2.05, 4.69) is 31.2 Å². The van der Waals surface area contributed by atoms with Crippen LogP contribution in [0.2, 0.25) is 0 Å². The molecule has 0 aliphatic heterocycles. The van der Waals surface area contributed by atoms with Crippen LogP contribution in [0.4, 0.5) is 0 Å². The topological polar surface area (TPSA) is 37.3 Å². The third-order valence-corrected chi connectivity index (χ3v) is 6.72. The van der Waals surface area contributed by atoms with E-state index in [4.69, 9.17) is 0 Å². The number of carbonyl (C=O) groups is 1. The molecule has 0 heterocycles. The quantitative estimate of drug-likeness (QED) is 0.276. The van der Waals surface area contributed by atoms with Gasteiger partial charge in [-0.25, -0.2) is 0 Å². The van der Waals surface area contributed by atoms with Crippen molar-refractivity contribution in [3.8, 4) is 0 Å². The molecule has 2 saturated carbocycles. The van der Waals surface area contributed by atoms with Crippen LogP contribution in [0, 0.1) is 17.3 Å². The van der Waals surface area contributed by atoms with Gasteiger partial charge in [-0.1, -0.05) is 63.3 Å². The predicted molar refractivity (Wildman–Crippen MR) is 110 cm³/mol. The molecular weight excluding hydrogens is 320 g/mol. The standard InChI is InChI=1S/C24H40O2/c1-2-3-4-5-6-9-14-21-16-12-17-22(21)15-10-7-8-11-18-24(23(25)26)19-13-20-24/h7,9-10,14,21-22H,2-6,8,11-13,15-20H2,1H3,(H,25,26)/t21-,22-/m0/s1. The Balaban J connectivity index is 1.59. The Bertz CT molecular complexity index is 459. The van der Waals surface area contributed by atoms with Crippen LogP contribution in [0.25, 0.3) is 0 Å². The van der Waals surface area contributed by atoms with Crippen molar-refractivity contribution in [2.45, 2.75) is 103 Å². The van der Waals surface area contributed by atoms with Crippen LogP contribution >= 0.6 is 0 Å². The van der Waals surface area contributed by atoms with Crippen LogP contribution in [0.1, 0.15) is 103 Å². The monoisotopic (exact) mass is 360 g/mol. The molecule has 2 fully saturated rings. The number of aliphatic carboxylic acids is 1. The number of hydrogen-bond acceptors (Lipinski definition) is 1. The third-order valence-electron chi connectivity index (χ3n) is 6.72. The van der Waals surface area contributed by atoms with E-state index in [-0.39, 0.29) is 5.41 Å². The van der Waals surface area contributed by atoms with Gasteiger partial charge in [0.05, 0.1) is 5.41 Å². The molecule has 26 heavy (non-hydrogen) atoms. The maximum absolute atomic E-state index is 11.4. The van der Waals surface area contributed by atoms with E-state index in [0.29, 0.717) is 0 Å². The molecule has 2 aliphatic carbocycles. The van der Waals surface area contributed by atoms with Gasteiger partial charge in [0.25, 0.3) is 0 Å². The van der Waals surface area contributed by atoms with Crippen LogP contribution in [0.15, 0.2) is 24.3 Å². The molecule has 2 atom stereocenters. The maximum atomic E-state index is 11.4. The smallest absolute Gasteiger partial charge is 0.309 e. The van der Waals surface area contributed by atoms with Crippen molar-refractivity contribution < 1.29 is 9.90 Å². The zero-order chi connectivity index (χ0) is 18.7. The van der Waals surface area contributed by atoms with Crippen LogP contribution in [0.3, 0.4) is 0 Å². The fraction of sp³-hybridized carbons (Fsp3) is 0.792. The minimum absolute atomic E-state index is 0.369. The van der Waals surface area contributed by atoms with Crippen molar-refractivity contribution in [3.05, 3.63) is 24.3 Å². The Labute approximate surface area is 161 Å². The summed E-state index contributed by atoms with van der Waals surface area (Å²) in [5.74, 6) is 1.05. The first kappa shape index (κ1) is 21.3. The molecule has 0 saturated heterocycles. The molecule has 2 nitrogen and oxygen atoms in total. The van der Waals surface area contributed by atoms with Crippen molar-refractivity contribution in [2.75, 3.05) is 0 Å². The Kier molecular flexibility index (Phi) is 9.50. The molecule has 0 unspecified atom stereocenters. The second kappa shape index (κ2) is 11.6. The minimum atomic E-state index is -0.567. The van der Waals surface area contributed by atoms with Gasteiger partial charge in [-0.3, -0.25) is 4.79 Å². The second-order valence-corrected chi connectivity index (χ2v) is 8.67. The predicted octanol–water partition coefficient (Wildman–Crippen LogP) is 7.30. The van der Waals surface area contributed by atoms with E-state index >= 15 is 0 Å². The molecule has 0 aromatic carbocycles. The normalized spacial score (nSPS) is 25.1.